The van der Waals surface area contributed by atoms with E-state index in [0.717, 1.165) is 0 Å². The molecule has 0 aromatic heterocycles. The first-order chi connectivity index (χ1) is 11.3. The largest absolute Gasteiger partial charge is 0.395 e. The van der Waals surface area contributed by atoms with Crippen LogP contribution in [0.3, 0.4) is 0 Å². The third kappa shape index (κ3) is 6.95. The molecule has 0 spiro atoms. The summed E-state index contributed by atoms with van der Waals surface area (Å²) in [4.78, 5) is 34.5. The molecular formula is C14H16Cl2N4O4. The van der Waals surface area contributed by atoms with Crippen LogP contribution in [0.5, 0.6) is 0 Å². The molecule has 8 nitrogen and oxygen atoms in total. The summed E-state index contributed by atoms with van der Waals surface area (Å²) in [5.41, 5.74) is 2.68. The molecule has 1 aromatic rings. The van der Waals surface area contributed by atoms with Crippen LogP contribution in [-0.4, -0.2) is 41.7 Å². The Bertz CT molecular complexity index is 664. The van der Waals surface area contributed by atoms with E-state index < -0.39 is 17.7 Å². The van der Waals surface area contributed by atoms with Gasteiger partial charge in [-0.1, -0.05) is 23.2 Å². The highest BCUT2D eigenvalue weighted by atomic mass is 35.5. The van der Waals surface area contributed by atoms with E-state index >= 15 is 0 Å². The van der Waals surface area contributed by atoms with E-state index in [1.807, 2.05) is 5.43 Å². The van der Waals surface area contributed by atoms with Crippen molar-refractivity contribution >= 4 is 52.3 Å². The maximum atomic E-state index is 11.9. The summed E-state index contributed by atoms with van der Waals surface area (Å²) in [5.74, 6) is -2.33. The van der Waals surface area contributed by atoms with E-state index in [1.54, 1.807) is 12.1 Å². The molecule has 0 aliphatic rings. The first kappa shape index (κ1) is 19.9. The molecule has 0 radical (unpaired) electrons. The number of amides is 3. The Labute approximate surface area is 148 Å². The number of carbonyl (C=O) groups is 3. The molecular weight excluding hydrogens is 359 g/mol. The zero-order chi connectivity index (χ0) is 18.1. The summed E-state index contributed by atoms with van der Waals surface area (Å²) in [6.45, 7) is 1.18. The van der Waals surface area contributed by atoms with E-state index in [1.165, 1.54) is 13.0 Å². The average Bonchev–Trinajstić information content (AvgIpc) is 2.52. The summed E-state index contributed by atoms with van der Waals surface area (Å²) < 4.78 is 0. The first-order valence-electron chi connectivity index (χ1n) is 6.80. The number of nitrogens with zero attached hydrogens (tertiary/aromatic N) is 1. The number of anilines is 1. The van der Waals surface area contributed by atoms with Gasteiger partial charge in [-0.2, -0.15) is 5.10 Å². The van der Waals surface area contributed by atoms with Crippen LogP contribution in [0.25, 0.3) is 0 Å². The van der Waals surface area contributed by atoms with Crippen molar-refractivity contribution < 1.29 is 19.5 Å². The van der Waals surface area contributed by atoms with Gasteiger partial charge in [-0.05, 0) is 25.1 Å². The SMILES string of the molecule is C/C(CC(=O)Nc1ccc(Cl)cc1Cl)=N/NC(=O)C(=O)NCCO. The van der Waals surface area contributed by atoms with Crippen molar-refractivity contribution in [3.63, 3.8) is 0 Å². The summed E-state index contributed by atoms with van der Waals surface area (Å²) in [6.07, 6.45) is -0.114. The monoisotopic (exact) mass is 374 g/mol. The van der Waals surface area contributed by atoms with Gasteiger partial charge in [0.1, 0.15) is 0 Å². The second kappa shape index (κ2) is 9.86. The minimum absolute atomic E-state index is 0.0425. The van der Waals surface area contributed by atoms with Crippen molar-refractivity contribution in [2.24, 2.45) is 5.10 Å². The Hall–Kier alpha value is -2.16. The van der Waals surface area contributed by atoms with Gasteiger partial charge in [-0.3, -0.25) is 14.4 Å². The predicted octanol–water partition coefficient (Wildman–Crippen LogP) is 0.923. The number of aliphatic hydroxyl groups is 1. The Kier molecular flexibility index (Phi) is 8.17. The van der Waals surface area contributed by atoms with Crippen molar-refractivity contribution in [1.82, 2.24) is 10.7 Å². The van der Waals surface area contributed by atoms with E-state index in [9.17, 15) is 14.4 Å². The van der Waals surface area contributed by atoms with Crippen LogP contribution in [0.15, 0.2) is 23.3 Å². The summed E-state index contributed by atoms with van der Waals surface area (Å²) in [5, 5.41) is 17.7. The fourth-order valence-electron chi connectivity index (χ4n) is 1.50. The van der Waals surface area contributed by atoms with Crippen LogP contribution >= 0.6 is 23.2 Å². The highest BCUT2D eigenvalue weighted by Gasteiger charge is 2.12. The molecule has 4 N–H and O–H groups in total. The fourth-order valence-corrected chi connectivity index (χ4v) is 1.96. The standard InChI is InChI=1S/C14H16Cl2N4O4/c1-8(19-20-14(24)13(23)17-4-5-21)6-12(22)18-11-3-2-9(15)7-10(11)16/h2-3,7,21H,4-6H2,1H3,(H,17,23)(H,18,22)(H,20,24)/b19-8-. The van der Waals surface area contributed by atoms with Gasteiger partial charge in [-0.25, -0.2) is 5.43 Å². The highest BCUT2D eigenvalue weighted by molar-refractivity contribution is 6.37. The van der Waals surface area contributed by atoms with Gasteiger partial charge in [0.05, 0.1) is 23.7 Å². The lowest BCUT2D eigenvalue weighted by Gasteiger charge is -2.07. The molecule has 130 valence electrons. The molecule has 0 fully saturated rings. The number of halogens is 2. The lowest BCUT2D eigenvalue weighted by atomic mass is 10.2. The molecule has 10 heteroatoms. The number of carbonyl (C=O) groups excluding carboxylic acids is 3. The van der Waals surface area contributed by atoms with Crippen molar-refractivity contribution in [1.29, 1.82) is 0 Å². The summed E-state index contributed by atoms with van der Waals surface area (Å²) >= 11 is 11.7. The van der Waals surface area contributed by atoms with Gasteiger partial charge >= 0.3 is 11.8 Å². The number of aliphatic hydroxyl groups excluding tert-OH is 1. The molecule has 0 atom stereocenters. The zero-order valence-corrected chi connectivity index (χ0v) is 14.2. The minimum atomic E-state index is -0.996. The third-order valence-electron chi connectivity index (χ3n) is 2.57. The lowest BCUT2D eigenvalue weighted by Crippen LogP contribution is -2.39. The molecule has 0 heterocycles. The Morgan fingerprint density at radius 3 is 2.54 bits per heavy atom. The summed E-state index contributed by atoms with van der Waals surface area (Å²) in [6, 6.07) is 4.63. The number of hydrazone groups is 1. The van der Waals surface area contributed by atoms with Crippen LogP contribution in [0, 0.1) is 0 Å². The van der Waals surface area contributed by atoms with Crippen LogP contribution in [0.2, 0.25) is 10.0 Å². The predicted molar refractivity (Wildman–Crippen MR) is 91.1 cm³/mol. The number of benzene rings is 1. The molecule has 0 bridgehead atoms. The normalized spacial score (nSPS) is 10.9. The van der Waals surface area contributed by atoms with E-state index in [2.05, 4.69) is 15.7 Å². The smallest absolute Gasteiger partial charge is 0.329 e. The maximum absolute atomic E-state index is 11.9. The van der Waals surface area contributed by atoms with Gasteiger partial charge in [0, 0.05) is 17.3 Å². The lowest BCUT2D eigenvalue weighted by molar-refractivity contribution is -0.139. The molecule has 0 unspecified atom stereocenters. The number of hydrogen-bond donors (Lipinski definition) is 4. The van der Waals surface area contributed by atoms with Gasteiger partial charge < -0.3 is 15.7 Å². The van der Waals surface area contributed by atoms with Crippen molar-refractivity contribution in [3.05, 3.63) is 28.2 Å². The van der Waals surface area contributed by atoms with Crippen molar-refractivity contribution in [2.45, 2.75) is 13.3 Å². The molecule has 1 aromatic carbocycles. The van der Waals surface area contributed by atoms with Crippen molar-refractivity contribution in [3.8, 4) is 0 Å². The Morgan fingerprint density at radius 1 is 1.21 bits per heavy atom. The molecule has 0 saturated carbocycles. The van der Waals surface area contributed by atoms with Gasteiger partial charge in [0.25, 0.3) is 0 Å². The quantitative estimate of drug-likeness (QED) is 0.336. The molecule has 0 saturated heterocycles. The molecule has 24 heavy (non-hydrogen) atoms. The Morgan fingerprint density at radius 2 is 1.92 bits per heavy atom. The van der Waals surface area contributed by atoms with E-state index in [0.29, 0.717) is 15.7 Å². The van der Waals surface area contributed by atoms with Crippen molar-refractivity contribution in [2.75, 3.05) is 18.5 Å². The molecule has 0 aliphatic carbocycles. The van der Waals surface area contributed by atoms with Crippen LogP contribution in [-0.2, 0) is 14.4 Å². The maximum Gasteiger partial charge on any atom is 0.329 e. The van der Waals surface area contributed by atoms with Gasteiger partial charge in [0.2, 0.25) is 5.91 Å². The highest BCUT2D eigenvalue weighted by Crippen LogP contribution is 2.25. The number of nitrogens with one attached hydrogen (secondary N) is 3. The summed E-state index contributed by atoms with van der Waals surface area (Å²) in [7, 11) is 0. The van der Waals surface area contributed by atoms with E-state index in [4.69, 9.17) is 28.3 Å². The molecule has 1 rings (SSSR count). The molecule has 0 aliphatic heterocycles. The zero-order valence-electron chi connectivity index (χ0n) is 12.7. The van der Waals surface area contributed by atoms with E-state index in [-0.39, 0.29) is 25.3 Å². The second-order valence-electron chi connectivity index (χ2n) is 4.62. The van der Waals surface area contributed by atoms with Gasteiger partial charge in [0.15, 0.2) is 0 Å². The molecule has 3 amide bonds. The van der Waals surface area contributed by atoms with Crippen LogP contribution in [0.4, 0.5) is 5.69 Å². The van der Waals surface area contributed by atoms with Crippen LogP contribution in [0.1, 0.15) is 13.3 Å². The average molecular weight is 375 g/mol. The first-order valence-corrected chi connectivity index (χ1v) is 7.56. The number of hydrogen-bond acceptors (Lipinski definition) is 5. The fraction of sp³-hybridized carbons (Fsp3) is 0.286. The minimum Gasteiger partial charge on any atom is -0.395 e. The third-order valence-corrected chi connectivity index (χ3v) is 3.12. The van der Waals surface area contributed by atoms with Gasteiger partial charge in [-0.15, -0.1) is 0 Å². The van der Waals surface area contributed by atoms with Crippen LogP contribution < -0.4 is 16.1 Å². The second-order valence-corrected chi connectivity index (χ2v) is 5.46. The number of rotatable bonds is 6. The Balaban J connectivity index is 2.51. The topological polar surface area (TPSA) is 120 Å².